The summed E-state index contributed by atoms with van der Waals surface area (Å²) >= 11 is 0. The second-order valence-corrected chi connectivity index (χ2v) is 15.9. The molecule has 2 unspecified atom stereocenters. The maximum absolute atomic E-state index is 14.8. The highest BCUT2D eigenvalue weighted by molar-refractivity contribution is 6.37. The van der Waals surface area contributed by atoms with E-state index in [4.69, 9.17) is 5.73 Å². The lowest BCUT2D eigenvalue weighted by molar-refractivity contribution is -0.142. The molecule has 0 aromatic carbocycles. The Balaban J connectivity index is 1.23. The summed E-state index contributed by atoms with van der Waals surface area (Å²) in [6.07, 6.45) is 14.5. The van der Waals surface area contributed by atoms with Crippen LogP contribution in [0.3, 0.4) is 0 Å². The average Bonchev–Trinajstić information content (AvgIpc) is 3.52. The number of imidazole rings is 1. The largest absolute Gasteiger partial charge is 0.384 e. The number of pyridine rings is 1. The Labute approximate surface area is 324 Å². The quantitative estimate of drug-likeness (QED) is 0.0846. The molecule has 3 fully saturated rings. The second kappa shape index (κ2) is 17.6. The normalized spacial score (nSPS) is 19.9. The van der Waals surface area contributed by atoms with Crippen molar-refractivity contribution in [3.05, 3.63) is 48.2 Å². The number of aromatic nitrogens is 5. The number of primary amides is 1. The minimum absolute atomic E-state index is 0.00951. The van der Waals surface area contributed by atoms with E-state index in [-0.39, 0.29) is 37.4 Å². The summed E-state index contributed by atoms with van der Waals surface area (Å²) < 4.78 is 3.21. The molecule has 18 nitrogen and oxygen atoms in total. The Morgan fingerprint density at radius 2 is 1.77 bits per heavy atom. The zero-order valence-electron chi connectivity index (χ0n) is 32.0. The number of carbonyl (C=O) groups is 6. The molecule has 2 saturated carbocycles. The minimum atomic E-state index is -1.35. The number of hydrogen-bond acceptors (Lipinski definition) is 10. The molecule has 1 aliphatic heterocycles. The van der Waals surface area contributed by atoms with Crippen LogP contribution in [0.15, 0.2) is 36.9 Å². The molecule has 302 valence electrons. The molecule has 0 spiro atoms. The molecule has 3 aromatic rings. The van der Waals surface area contributed by atoms with Crippen molar-refractivity contribution in [3.8, 4) is 0 Å². The van der Waals surface area contributed by atoms with Crippen LogP contribution in [-0.4, -0.2) is 107 Å². The van der Waals surface area contributed by atoms with E-state index in [0.29, 0.717) is 42.7 Å². The van der Waals surface area contributed by atoms with E-state index in [1.165, 1.54) is 15.8 Å². The van der Waals surface area contributed by atoms with Crippen LogP contribution >= 0.6 is 0 Å². The second-order valence-electron chi connectivity index (χ2n) is 15.9. The molecule has 56 heavy (non-hydrogen) atoms. The number of likely N-dealkylation sites (tertiary alicyclic amines) is 1. The van der Waals surface area contributed by atoms with Crippen LogP contribution in [-0.2, 0) is 24.8 Å². The highest BCUT2D eigenvalue weighted by Crippen LogP contribution is 2.33. The first-order chi connectivity index (χ1) is 26.8. The fraction of sp³-hybridized carbons (Fsp3) is 0.605. The van der Waals surface area contributed by atoms with E-state index >= 15 is 0 Å². The standard InChI is InChI=1S/C38H53N11O7/c1-38(2,56)30-20-42-46-49(30)26-19-29(35(53)44-27(32(50)33(39)51)10-6-7-15-41-37(55)43-25-12-13-25)48(22-26)36(54)28(18-23-8-4-3-5-9-23)45-34(52)24-11-14-31-40-16-17-47(31)21-24/h11,14,16-17,20-21,23,25-29,56H,3-10,12-13,15,18-19,22H2,1-2H3,(H2,39,51)(H,44,53)(H,45,52)(H2,41,43,55)/t26-,27?,28?,29-/m0/s1. The van der Waals surface area contributed by atoms with E-state index in [1.807, 2.05) is 0 Å². The van der Waals surface area contributed by atoms with Gasteiger partial charge in [-0.1, -0.05) is 37.3 Å². The first kappa shape index (κ1) is 40.3. The molecule has 2 aliphatic carbocycles. The number of nitrogens with two attached hydrogens (primary N) is 1. The molecule has 6 amide bonds. The van der Waals surface area contributed by atoms with E-state index in [2.05, 4.69) is 36.6 Å². The van der Waals surface area contributed by atoms with Crippen molar-refractivity contribution in [2.24, 2.45) is 11.7 Å². The number of fused-ring (bicyclic) bond motifs is 1. The van der Waals surface area contributed by atoms with Crippen LogP contribution in [0.1, 0.15) is 113 Å². The van der Waals surface area contributed by atoms with Gasteiger partial charge in [0.25, 0.3) is 11.8 Å². The molecule has 1 saturated heterocycles. The predicted molar refractivity (Wildman–Crippen MR) is 202 cm³/mol. The molecule has 7 N–H and O–H groups in total. The van der Waals surface area contributed by atoms with Gasteiger partial charge < -0.3 is 41.4 Å². The first-order valence-corrected chi connectivity index (χ1v) is 19.6. The summed E-state index contributed by atoms with van der Waals surface area (Å²) in [4.78, 5) is 85.6. The number of urea groups is 1. The smallest absolute Gasteiger partial charge is 0.315 e. The number of Topliss-reactive ketones (excluding diaryl/α,β-unsaturated/α-hetero) is 1. The number of nitrogens with one attached hydrogen (secondary N) is 4. The van der Waals surface area contributed by atoms with Gasteiger partial charge in [-0.3, -0.25) is 24.0 Å². The lowest BCUT2D eigenvalue weighted by Crippen LogP contribution is -2.56. The van der Waals surface area contributed by atoms with Crippen molar-refractivity contribution in [2.45, 2.75) is 127 Å². The van der Waals surface area contributed by atoms with Crippen molar-refractivity contribution < 1.29 is 33.9 Å². The molecule has 4 atom stereocenters. The molecule has 0 bridgehead atoms. The van der Waals surface area contributed by atoms with Gasteiger partial charge in [-0.2, -0.15) is 0 Å². The highest BCUT2D eigenvalue weighted by Gasteiger charge is 2.45. The van der Waals surface area contributed by atoms with Gasteiger partial charge in [0.15, 0.2) is 0 Å². The Morgan fingerprint density at radius 1 is 1.00 bits per heavy atom. The van der Waals surface area contributed by atoms with Crippen LogP contribution in [0.2, 0.25) is 0 Å². The average molecular weight is 776 g/mol. The van der Waals surface area contributed by atoms with Crippen molar-refractivity contribution >= 4 is 41.1 Å². The number of rotatable bonds is 17. The molecule has 0 radical (unpaired) electrons. The van der Waals surface area contributed by atoms with Gasteiger partial charge in [0.05, 0.1) is 29.5 Å². The lowest BCUT2D eigenvalue weighted by atomic mass is 9.84. The minimum Gasteiger partial charge on any atom is -0.384 e. The monoisotopic (exact) mass is 775 g/mol. The Kier molecular flexibility index (Phi) is 12.7. The van der Waals surface area contributed by atoms with Crippen LogP contribution < -0.4 is 27.0 Å². The Bertz CT molecular complexity index is 1910. The number of unbranched alkanes of at least 4 members (excludes halogenated alkanes) is 1. The Hall–Kier alpha value is -5.39. The summed E-state index contributed by atoms with van der Waals surface area (Å²) in [6.45, 7) is 3.47. The predicted octanol–water partition coefficient (Wildman–Crippen LogP) is 1.24. The van der Waals surface area contributed by atoms with Gasteiger partial charge in [-0.25, -0.2) is 14.5 Å². The topological polar surface area (TPSA) is 248 Å². The number of aliphatic hydroxyl groups is 1. The number of hydrogen-bond donors (Lipinski definition) is 6. The number of carbonyl (C=O) groups excluding carboxylic acids is 6. The van der Waals surface area contributed by atoms with Gasteiger partial charge in [-0.15, -0.1) is 5.10 Å². The molecule has 3 aliphatic rings. The lowest BCUT2D eigenvalue weighted by Gasteiger charge is -2.32. The van der Waals surface area contributed by atoms with Crippen LogP contribution in [0.5, 0.6) is 0 Å². The summed E-state index contributed by atoms with van der Waals surface area (Å²) in [6, 6.07) is -0.735. The van der Waals surface area contributed by atoms with E-state index in [1.54, 1.807) is 49.0 Å². The van der Waals surface area contributed by atoms with Gasteiger partial charge in [0.2, 0.25) is 17.6 Å². The van der Waals surface area contributed by atoms with E-state index in [0.717, 1.165) is 44.9 Å². The van der Waals surface area contributed by atoms with Crippen LogP contribution in [0, 0.1) is 5.92 Å². The van der Waals surface area contributed by atoms with Crippen molar-refractivity contribution in [3.63, 3.8) is 0 Å². The SMILES string of the molecule is CC(C)(O)c1cnnn1[C@H]1C[C@@H](C(=O)NC(CCCCNC(=O)NC2CC2)C(=O)C(N)=O)N(C(=O)C(CC2CCCCC2)NC(=O)c2ccc3nccn3c2)C1. The summed E-state index contributed by atoms with van der Waals surface area (Å²) in [5.74, 6) is -3.64. The molecule has 6 rings (SSSR count). The fourth-order valence-corrected chi connectivity index (χ4v) is 7.76. The third-order valence-electron chi connectivity index (χ3n) is 11.0. The number of ketones is 1. The molecular weight excluding hydrogens is 722 g/mol. The maximum atomic E-state index is 14.8. The molecule has 4 heterocycles. The van der Waals surface area contributed by atoms with Crippen LogP contribution in [0.25, 0.3) is 5.65 Å². The van der Waals surface area contributed by atoms with Crippen molar-refractivity contribution in [1.82, 2.24) is 50.5 Å². The fourth-order valence-electron chi connectivity index (χ4n) is 7.76. The molecule has 3 aromatic heterocycles. The van der Waals surface area contributed by atoms with E-state index in [9.17, 15) is 33.9 Å². The van der Waals surface area contributed by atoms with Crippen molar-refractivity contribution in [2.75, 3.05) is 13.1 Å². The number of nitrogens with zero attached hydrogens (tertiary/aromatic N) is 6. The van der Waals surface area contributed by atoms with Gasteiger partial charge >= 0.3 is 6.03 Å². The summed E-state index contributed by atoms with van der Waals surface area (Å²) in [7, 11) is 0. The third kappa shape index (κ3) is 10.1. The zero-order chi connectivity index (χ0) is 40.0. The molecule has 18 heteroatoms. The molecular formula is C38H53N11O7. The number of amides is 6. The third-order valence-corrected chi connectivity index (χ3v) is 11.0. The highest BCUT2D eigenvalue weighted by atomic mass is 16.3. The zero-order valence-corrected chi connectivity index (χ0v) is 32.0. The van der Waals surface area contributed by atoms with E-state index < -0.39 is 59.2 Å². The van der Waals surface area contributed by atoms with Gasteiger partial charge in [0.1, 0.15) is 23.3 Å². The van der Waals surface area contributed by atoms with Gasteiger partial charge in [-0.05, 0) is 70.4 Å². The Morgan fingerprint density at radius 3 is 2.48 bits per heavy atom. The summed E-state index contributed by atoms with van der Waals surface area (Å²) in [5, 5.41) is 30.4. The van der Waals surface area contributed by atoms with Crippen molar-refractivity contribution in [1.29, 1.82) is 0 Å². The first-order valence-electron chi connectivity index (χ1n) is 19.6. The van der Waals surface area contributed by atoms with Gasteiger partial charge in [0, 0.05) is 44.1 Å². The van der Waals surface area contributed by atoms with Crippen LogP contribution in [0.4, 0.5) is 4.79 Å². The summed E-state index contributed by atoms with van der Waals surface area (Å²) in [5.41, 5.74) is 5.41. The maximum Gasteiger partial charge on any atom is 0.315 e.